The smallest absolute Gasteiger partial charge is 0.245 e. The van der Waals surface area contributed by atoms with E-state index in [1.807, 2.05) is 25.1 Å². The topological polar surface area (TPSA) is 80.0 Å². The average molecular weight is 337 g/mol. The number of carbonyl (C=O) groups excluding carboxylic acids is 1. The van der Waals surface area contributed by atoms with Gasteiger partial charge >= 0.3 is 0 Å². The lowest BCUT2D eigenvalue weighted by Gasteiger charge is -2.20. The zero-order valence-corrected chi connectivity index (χ0v) is 12.4. The predicted molar refractivity (Wildman–Crippen MR) is 75.9 cm³/mol. The monoisotopic (exact) mass is 336 g/mol. The van der Waals surface area contributed by atoms with E-state index in [0.29, 0.717) is 18.3 Å². The Hall–Kier alpha value is -1.73. The zero-order chi connectivity index (χ0) is 14.1. The van der Waals surface area contributed by atoms with E-state index < -0.39 is 0 Å². The second-order valence-corrected chi connectivity index (χ2v) is 5.51. The van der Waals surface area contributed by atoms with Crippen LogP contribution in [0.5, 0.6) is 0 Å². The van der Waals surface area contributed by atoms with Crippen LogP contribution in [-0.2, 0) is 4.79 Å². The average Bonchev–Trinajstić information content (AvgIpc) is 2.92. The number of benzene rings is 1. The molecule has 0 spiro atoms. The summed E-state index contributed by atoms with van der Waals surface area (Å²) in [6.07, 6.45) is 0. The minimum atomic E-state index is -0.136. The molecular weight excluding hydrogens is 324 g/mol. The minimum absolute atomic E-state index is 0.0246. The molecule has 0 radical (unpaired) electrons. The van der Waals surface area contributed by atoms with E-state index in [4.69, 9.17) is 4.52 Å². The molecule has 1 aromatic heterocycles. The van der Waals surface area contributed by atoms with Gasteiger partial charge in [0.15, 0.2) is 0 Å². The molecule has 1 aromatic carbocycles. The molecule has 1 amide bonds. The van der Waals surface area contributed by atoms with Crippen LogP contribution in [-0.4, -0.2) is 29.1 Å². The lowest BCUT2D eigenvalue weighted by molar-refractivity contribution is -0.121. The molecule has 2 aromatic rings. The fourth-order valence-electron chi connectivity index (χ4n) is 1.97. The first-order valence-electron chi connectivity index (χ1n) is 6.23. The van der Waals surface area contributed by atoms with Gasteiger partial charge in [-0.3, -0.25) is 10.1 Å². The number of piperazine rings is 1. The van der Waals surface area contributed by atoms with Crippen molar-refractivity contribution in [3.8, 4) is 11.4 Å². The lowest BCUT2D eigenvalue weighted by atomic mass is 10.1. The first kappa shape index (κ1) is 13.3. The van der Waals surface area contributed by atoms with Crippen molar-refractivity contribution in [3.05, 3.63) is 34.1 Å². The van der Waals surface area contributed by atoms with Crippen molar-refractivity contribution in [2.75, 3.05) is 13.1 Å². The summed E-state index contributed by atoms with van der Waals surface area (Å²) in [7, 11) is 0. The van der Waals surface area contributed by atoms with Gasteiger partial charge in [-0.1, -0.05) is 33.2 Å². The minimum Gasteiger partial charge on any atom is -0.353 e. The Kier molecular flexibility index (Phi) is 3.54. The fraction of sp³-hybridized carbons (Fsp3) is 0.308. The molecule has 1 saturated heterocycles. The number of rotatable bonds is 2. The molecule has 104 valence electrons. The van der Waals surface area contributed by atoms with E-state index in [9.17, 15) is 4.79 Å². The second kappa shape index (κ2) is 5.34. The molecule has 0 aliphatic carbocycles. The maximum Gasteiger partial charge on any atom is 0.245 e. The highest BCUT2D eigenvalue weighted by molar-refractivity contribution is 9.10. The Labute approximate surface area is 124 Å². The van der Waals surface area contributed by atoms with Crippen LogP contribution in [0.15, 0.2) is 27.2 Å². The Morgan fingerprint density at radius 2 is 2.30 bits per heavy atom. The molecule has 2 heterocycles. The van der Waals surface area contributed by atoms with Crippen molar-refractivity contribution in [1.29, 1.82) is 0 Å². The highest BCUT2D eigenvalue weighted by Gasteiger charge is 2.24. The van der Waals surface area contributed by atoms with E-state index in [1.165, 1.54) is 0 Å². The number of amides is 1. The summed E-state index contributed by atoms with van der Waals surface area (Å²) in [6, 6.07) is 5.77. The quantitative estimate of drug-likeness (QED) is 0.870. The number of hydrogen-bond donors (Lipinski definition) is 2. The Morgan fingerprint density at radius 1 is 1.45 bits per heavy atom. The number of nitrogens with one attached hydrogen (secondary N) is 2. The molecule has 6 nitrogen and oxygen atoms in total. The van der Waals surface area contributed by atoms with Crippen molar-refractivity contribution >= 4 is 21.8 Å². The van der Waals surface area contributed by atoms with Crippen LogP contribution in [0.25, 0.3) is 11.4 Å². The van der Waals surface area contributed by atoms with Gasteiger partial charge in [0.25, 0.3) is 0 Å². The SMILES string of the molecule is Cc1ccc(-c2noc(C3CNC(=O)CN3)n2)cc1Br. The van der Waals surface area contributed by atoms with Crippen LogP contribution in [0, 0.1) is 6.92 Å². The summed E-state index contributed by atoms with van der Waals surface area (Å²) >= 11 is 3.49. The summed E-state index contributed by atoms with van der Waals surface area (Å²) in [6.45, 7) is 2.74. The maximum absolute atomic E-state index is 11.1. The fourth-order valence-corrected chi connectivity index (χ4v) is 2.35. The van der Waals surface area contributed by atoms with Gasteiger partial charge in [0.05, 0.1) is 6.54 Å². The predicted octanol–water partition coefficient (Wildman–Crippen LogP) is 1.57. The summed E-state index contributed by atoms with van der Waals surface area (Å²) in [5, 5.41) is 9.80. The van der Waals surface area contributed by atoms with Crippen LogP contribution in [0.1, 0.15) is 17.5 Å². The molecule has 2 N–H and O–H groups in total. The Morgan fingerprint density at radius 3 is 3.00 bits per heavy atom. The van der Waals surface area contributed by atoms with E-state index in [1.54, 1.807) is 0 Å². The van der Waals surface area contributed by atoms with E-state index in [-0.39, 0.29) is 18.5 Å². The van der Waals surface area contributed by atoms with Crippen LogP contribution < -0.4 is 10.6 Å². The standard InChI is InChI=1S/C13H13BrN4O2/c1-7-2-3-8(4-9(7)14)12-17-13(20-18-12)10-5-16-11(19)6-15-10/h2-4,10,15H,5-6H2,1H3,(H,16,19). The first-order chi connectivity index (χ1) is 9.63. The van der Waals surface area contributed by atoms with Gasteiger partial charge < -0.3 is 9.84 Å². The first-order valence-corrected chi connectivity index (χ1v) is 7.03. The molecule has 0 saturated carbocycles. The number of nitrogens with zero attached hydrogens (tertiary/aromatic N) is 2. The summed E-state index contributed by atoms with van der Waals surface area (Å²) < 4.78 is 6.28. The molecular formula is C13H13BrN4O2. The third-order valence-electron chi connectivity index (χ3n) is 3.18. The molecule has 20 heavy (non-hydrogen) atoms. The maximum atomic E-state index is 11.1. The van der Waals surface area contributed by atoms with Gasteiger partial charge in [-0.25, -0.2) is 0 Å². The molecule has 1 atom stereocenters. The normalized spacial score (nSPS) is 18.9. The third kappa shape index (κ3) is 2.59. The van der Waals surface area contributed by atoms with Crippen LogP contribution in [0.4, 0.5) is 0 Å². The van der Waals surface area contributed by atoms with Crippen LogP contribution in [0.3, 0.4) is 0 Å². The van der Waals surface area contributed by atoms with Gasteiger partial charge in [-0.05, 0) is 18.6 Å². The second-order valence-electron chi connectivity index (χ2n) is 4.66. The van der Waals surface area contributed by atoms with Gasteiger partial charge in [0.2, 0.25) is 17.6 Å². The van der Waals surface area contributed by atoms with Crippen LogP contribution in [0.2, 0.25) is 0 Å². The largest absolute Gasteiger partial charge is 0.353 e. The highest BCUT2D eigenvalue weighted by atomic mass is 79.9. The molecule has 7 heteroatoms. The van der Waals surface area contributed by atoms with Crippen molar-refractivity contribution in [3.63, 3.8) is 0 Å². The van der Waals surface area contributed by atoms with E-state index in [0.717, 1.165) is 15.6 Å². The highest BCUT2D eigenvalue weighted by Crippen LogP contribution is 2.24. The number of carbonyl (C=O) groups is 1. The third-order valence-corrected chi connectivity index (χ3v) is 4.04. The van der Waals surface area contributed by atoms with Crippen molar-refractivity contribution in [2.45, 2.75) is 13.0 Å². The van der Waals surface area contributed by atoms with Gasteiger partial charge in [0, 0.05) is 16.6 Å². The Balaban J connectivity index is 1.82. The Bertz CT molecular complexity index is 646. The van der Waals surface area contributed by atoms with E-state index in [2.05, 4.69) is 36.7 Å². The summed E-state index contributed by atoms with van der Waals surface area (Å²) in [5.41, 5.74) is 2.03. The molecule has 1 aliphatic heterocycles. The van der Waals surface area contributed by atoms with Crippen molar-refractivity contribution in [2.24, 2.45) is 0 Å². The molecule has 0 bridgehead atoms. The summed E-state index contributed by atoms with van der Waals surface area (Å²) in [4.78, 5) is 15.5. The zero-order valence-electron chi connectivity index (χ0n) is 10.8. The van der Waals surface area contributed by atoms with Gasteiger partial charge in [0.1, 0.15) is 6.04 Å². The van der Waals surface area contributed by atoms with Crippen LogP contribution >= 0.6 is 15.9 Å². The number of hydrogen-bond acceptors (Lipinski definition) is 5. The molecule has 1 unspecified atom stereocenters. The molecule has 1 fully saturated rings. The molecule has 1 aliphatic rings. The van der Waals surface area contributed by atoms with Crippen molar-refractivity contribution in [1.82, 2.24) is 20.8 Å². The van der Waals surface area contributed by atoms with Gasteiger partial charge in [-0.2, -0.15) is 4.98 Å². The number of aromatic nitrogens is 2. The molecule has 3 rings (SSSR count). The van der Waals surface area contributed by atoms with E-state index >= 15 is 0 Å². The number of halogens is 1. The number of aryl methyl sites for hydroxylation is 1. The lowest BCUT2D eigenvalue weighted by Crippen LogP contribution is -2.47. The van der Waals surface area contributed by atoms with Crippen molar-refractivity contribution < 1.29 is 9.32 Å². The van der Waals surface area contributed by atoms with Gasteiger partial charge in [-0.15, -0.1) is 0 Å². The summed E-state index contributed by atoms with van der Waals surface area (Å²) in [5.74, 6) is 1.000.